The summed E-state index contributed by atoms with van der Waals surface area (Å²) in [5.74, 6) is 0.575. The van der Waals surface area contributed by atoms with Crippen molar-refractivity contribution in [1.82, 2.24) is 4.90 Å². The normalized spacial score (nSPS) is 13.0. The van der Waals surface area contributed by atoms with Crippen LogP contribution in [0.1, 0.15) is 11.1 Å². The van der Waals surface area contributed by atoms with Crippen LogP contribution in [0.15, 0.2) is 60.7 Å². The summed E-state index contributed by atoms with van der Waals surface area (Å²) in [7, 11) is 1.55. The third-order valence-electron chi connectivity index (χ3n) is 6.34. The molecule has 1 aliphatic rings. The van der Waals surface area contributed by atoms with Crippen molar-refractivity contribution in [3.63, 3.8) is 0 Å². The zero-order valence-electron chi connectivity index (χ0n) is 21.5. The minimum atomic E-state index is -0.498. The number of aryl methyl sites for hydroxylation is 2. The highest BCUT2D eigenvalue weighted by molar-refractivity contribution is 6.00. The molecule has 0 spiro atoms. The number of benzene rings is 3. The average molecular weight is 519 g/mol. The fourth-order valence-electron chi connectivity index (χ4n) is 4.28. The number of nitro benzene ring substituents is 1. The number of rotatable bonds is 6. The first-order valence-electron chi connectivity index (χ1n) is 12.1. The molecule has 38 heavy (non-hydrogen) atoms. The summed E-state index contributed by atoms with van der Waals surface area (Å²) >= 11 is 0. The number of urea groups is 2. The Labute approximate surface area is 220 Å². The predicted molar refractivity (Wildman–Crippen MR) is 147 cm³/mol. The number of nitrogens with zero attached hydrogens (tertiary/aromatic N) is 3. The molecule has 0 atom stereocenters. The highest BCUT2D eigenvalue weighted by Crippen LogP contribution is 2.29. The van der Waals surface area contributed by atoms with E-state index in [4.69, 9.17) is 4.74 Å². The smallest absolute Gasteiger partial charge is 0.323 e. The summed E-state index contributed by atoms with van der Waals surface area (Å²) < 4.78 is 5.30. The first kappa shape index (κ1) is 26.3. The van der Waals surface area contributed by atoms with Crippen molar-refractivity contribution in [2.75, 3.05) is 54.1 Å². The molecule has 0 saturated carbocycles. The van der Waals surface area contributed by atoms with Crippen LogP contribution in [0.3, 0.4) is 0 Å². The summed E-state index contributed by atoms with van der Waals surface area (Å²) in [5.41, 5.74) is 3.91. The molecule has 4 rings (SSSR count). The number of nitro groups is 1. The lowest BCUT2D eigenvalue weighted by Crippen LogP contribution is -2.50. The molecule has 0 unspecified atom stereocenters. The van der Waals surface area contributed by atoms with Gasteiger partial charge in [0, 0.05) is 43.6 Å². The fourth-order valence-corrected chi connectivity index (χ4v) is 4.28. The van der Waals surface area contributed by atoms with Crippen LogP contribution in [-0.2, 0) is 0 Å². The first-order chi connectivity index (χ1) is 18.2. The van der Waals surface area contributed by atoms with Crippen molar-refractivity contribution < 1.29 is 19.2 Å². The topological polar surface area (TPSA) is 129 Å². The van der Waals surface area contributed by atoms with Crippen molar-refractivity contribution in [3.8, 4) is 5.75 Å². The number of carbonyl (C=O) groups is 2. The number of nitrogens with one attached hydrogen (secondary N) is 3. The number of piperazine rings is 1. The lowest BCUT2D eigenvalue weighted by molar-refractivity contribution is -0.384. The third-order valence-corrected chi connectivity index (χ3v) is 6.34. The van der Waals surface area contributed by atoms with E-state index in [9.17, 15) is 19.7 Å². The molecule has 1 saturated heterocycles. The maximum Gasteiger partial charge on any atom is 0.323 e. The van der Waals surface area contributed by atoms with Gasteiger partial charge in [0.2, 0.25) is 0 Å². The first-order valence-corrected chi connectivity index (χ1v) is 12.1. The monoisotopic (exact) mass is 518 g/mol. The number of anilines is 4. The summed E-state index contributed by atoms with van der Waals surface area (Å²) in [5, 5.41) is 19.7. The van der Waals surface area contributed by atoms with Gasteiger partial charge in [0.25, 0.3) is 5.69 Å². The molecule has 0 aromatic heterocycles. The molecule has 3 aromatic rings. The fraction of sp³-hybridized carbons (Fsp3) is 0.259. The zero-order chi connectivity index (χ0) is 27.2. The Balaban J connectivity index is 1.31. The second-order valence-corrected chi connectivity index (χ2v) is 8.96. The average Bonchev–Trinajstić information content (AvgIpc) is 2.90. The molecule has 0 bridgehead atoms. The van der Waals surface area contributed by atoms with E-state index in [-0.39, 0.29) is 23.4 Å². The van der Waals surface area contributed by atoms with Gasteiger partial charge in [0.1, 0.15) is 11.4 Å². The van der Waals surface area contributed by atoms with Crippen molar-refractivity contribution in [3.05, 3.63) is 81.9 Å². The van der Waals surface area contributed by atoms with E-state index < -0.39 is 4.92 Å². The Morgan fingerprint density at radius 1 is 0.921 bits per heavy atom. The molecule has 3 N–H and O–H groups in total. The van der Waals surface area contributed by atoms with E-state index in [0.717, 1.165) is 11.3 Å². The van der Waals surface area contributed by atoms with Gasteiger partial charge in [-0.05, 0) is 61.4 Å². The van der Waals surface area contributed by atoms with Crippen LogP contribution in [0.2, 0.25) is 0 Å². The largest absolute Gasteiger partial charge is 0.495 e. The van der Waals surface area contributed by atoms with Crippen molar-refractivity contribution in [1.29, 1.82) is 0 Å². The van der Waals surface area contributed by atoms with Crippen molar-refractivity contribution in [2.24, 2.45) is 0 Å². The van der Waals surface area contributed by atoms with E-state index in [1.54, 1.807) is 37.1 Å². The molecule has 1 heterocycles. The van der Waals surface area contributed by atoms with Crippen LogP contribution >= 0.6 is 0 Å². The summed E-state index contributed by atoms with van der Waals surface area (Å²) in [6, 6.07) is 17.0. The van der Waals surface area contributed by atoms with Gasteiger partial charge in [-0.1, -0.05) is 18.2 Å². The van der Waals surface area contributed by atoms with Gasteiger partial charge < -0.3 is 30.5 Å². The molecular weight excluding hydrogens is 488 g/mol. The van der Waals surface area contributed by atoms with Crippen molar-refractivity contribution >= 4 is 40.5 Å². The third kappa shape index (κ3) is 6.12. The molecule has 198 valence electrons. The molecule has 0 aliphatic carbocycles. The Morgan fingerprint density at radius 3 is 2.29 bits per heavy atom. The number of hydrogen-bond donors (Lipinski definition) is 3. The van der Waals surface area contributed by atoms with Gasteiger partial charge in [-0.15, -0.1) is 0 Å². The SMILES string of the molecule is COc1ccc(C)cc1NC(=O)Nc1ccc(N2CCN(C(=O)Nc3c(C)cccc3[N+](=O)[O-])CC2)cc1. The van der Waals surface area contributed by atoms with Crippen LogP contribution in [0, 0.1) is 24.0 Å². The lowest BCUT2D eigenvalue weighted by atomic mass is 10.1. The van der Waals surface area contributed by atoms with Crippen molar-refractivity contribution in [2.45, 2.75) is 13.8 Å². The number of amides is 4. The minimum absolute atomic E-state index is 0.127. The van der Waals surface area contributed by atoms with Gasteiger partial charge in [-0.3, -0.25) is 10.1 Å². The van der Waals surface area contributed by atoms with E-state index in [1.807, 2.05) is 43.3 Å². The Bertz CT molecular complexity index is 1340. The molecule has 4 amide bonds. The maximum absolute atomic E-state index is 12.8. The van der Waals surface area contributed by atoms with E-state index in [1.165, 1.54) is 6.07 Å². The summed E-state index contributed by atoms with van der Waals surface area (Å²) in [6.45, 7) is 5.79. The number of methoxy groups -OCH3 is 1. The Kier molecular flexibility index (Phi) is 7.95. The van der Waals surface area contributed by atoms with Gasteiger partial charge >= 0.3 is 12.1 Å². The Morgan fingerprint density at radius 2 is 1.63 bits per heavy atom. The summed E-state index contributed by atoms with van der Waals surface area (Å²) in [6.07, 6.45) is 0. The molecule has 0 radical (unpaired) electrons. The lowest BCUT2D eigenvalue weighted by Gasteiger charge is -2.36. The molecule has 11 heteroatoms. The minimum Gasteiger partial charge on any atom is -0.495 e. The van der Waals surface area contributed by atoms with Crippen LogP contribution in [0.25, 0.3) is 0 Å². The van der Waals surface area contributed by atoms with Crippen LogP contribution in [0.4, 0.5) is 38.0 Å². The molecule has 3 aromatic carbocycles. The van der Waals surface area contributed by atoms with Crippen LogP contribution < -0.4 is 25.6 Å². The van der Waals surface area contributed by atoms with E-state index >= 15 is 0 Å². The van der Waals surface area contributed by atoms with E-state index in [2.05, 4.69) is 20.9 Å². The molecule has 11 nitrogen and oxygen atoms in total. The number of carbonyl (C=O) groups excluding carboxylic acids is 2. The van der Waals surface area contributed by atoms with Crippen LogP contribution in [-0.4, -0.2) is 55.2 Å². The second-order valence-electron chi connectivity index (χ2n) is 8.96. The molecule has 1 fully saturated rings. The maximum atomic E-state index is 12.8. The molecular formula is C27H30N6O5. The standard InChI is InChI=1S/C27H30N6O5/c1-18-7-12-24(38-3)22(17-18)29-26(34)28-20-8-10-21(11-9-20)31-13-15-32(16-14-31)27(35)30-25-19(2)5-4-6-23(25)33(36)37/h4-12,17H,13-16H2,1-3H3,(H,30,35)(H2,28,29,34). The zero-order valence-corrected chi connectivity index (χ0v) is 21.5. The number of ether oxygens (including phenoxy) is 1. The molecule has 1 aliphatic heterocycles. The predicted octanol–water partition coefficient (Wildman–Crippen LogP) is 5.22. The van der Waals surface area contributed by atoms with Gasteiger partial charge in [0.15, 0.2) is 0 Å². The van der Waals surface area contributed by atoms with Gasteiger partial charge in [-0.2, -0.15) is 0 Å². The summed E-state index contributed by atoms with van der Waals surface area (Å²) in [4.78, 5) is 39.9. The quantitative estimate of drug-likeness (QED) is 0.303. The van der Waals surface area contributed by atoms with Crippen LogP contribution in [0.5, 0.6) is 5.75 Å². The highest BCUT2D eigenvalue weighted by atomic mass is 16.6. The van der Waals surface area contributed by atoms with Gasteiger partial charge in [0.05, 0.1) is 17.7 Å². The number of para-hydroxylation sites is 1. The van der Waals surface area contributed by atoms with Gasteiger partial charge in [-0.25, -0.2) is 9.59 Å². The highest BCUT2D eigenvalue weighted by Gasteiger charge is 2.24. The second kappa shape index (κ2) is 11.5. The number of hydrogen-bond acceptors (Lipinski definition) is 6. The Hall–Kier alpha value is -4.80. The van der Waals surface area contributed by atoms with E-state index in [0.29, 0.717) is 48.9 Å².